The Balaban J connectivity index is 2.69. The van der Waals surface area contributed by atoms with E-state index in [1.54, 1.807) is 0 Å². The van der Waals surface area contributed by atoms with Crippen LogP contribution in [0.2, 0.25) is 0 Å². The van der Waals surface area contributed by atoms with Gasteiger partial charge in [0.05, 0.1) is 0 Å². The lowest BCUT2D eigenvalue weighted by molar-refractivity contribution is 0.646. The standard InChI is InChI=1S/C14H22S/c1-11(2)9-13-6-7-14(5-4-8-15)12(3)10-13/h6-7,10-11,15H,4-5,8-9H2,1-3H3. The minimum atomic E-state index is 0.743. The van der Waals surface area contributed by atoms with Crippen LogP contribution < -0.4 is 0 Å². The van der Waals surface area contributed by atoms with E-state index in [4.69, 9.17) is 0 Å². The van der Waals surface area contributed by atoms with Crippen molar-refractivity contribution in [3.8, 4) is 0 Å². The van der Waals surface area contributed by atoms with Crippen LogP contribution in [0.5, 0.6) is 0 Å². The summed E-state index contributed by atoms with van der Waals surface area (Å²) in [5.74, 6) is 1.72. The Morgan fingerprint density at radius 3 is 2.53 bits per heavy atom. The third kappa shape index (κ3) is 4.29. The van der Waals surface area contributed by atoms with E-state index < -0.39 is 0 Å². The first kappa shape index (κ1) is 12.6. The average molecular weight is 222 g/mol. The Morgan fingerprint density at radius 2 is 2.00 bits per heavy atom. The third-order valence-corrected chi connectivity index (χ3v) is 2.97. The fraction of sp³-hybridized carbons (Fsp3) is 0.571. The zero-order chi connectivity index (χ0) is 11.3. The number of rotatable bonds is 5. The number of hydrogen-bond acceptors (Lipinski definition) is 1. The van der Waals surface area contributed by atoms with E-state index in [0.717, 1.165) is 18.1 Å². The van der Waals surface area contributed by atoms with Crippen molar-refractivity contribution < 1.29 is 0 Å². The van der Waals surface area contributed by atoms with Crippen LogP contribution in [0, 0.1) is 12.8 Å². The SMILES string of the molecule is Cc1cc(CC(C)C)ccc1CCCS. The molecule has 0 heterocycles. The van der Waals surface area contributed by atoms with Crippen LogP contribution in [0.4, 0.5) is 0 Å². The average Bonchev–Trinajstić information content (AvgIpc) is 2.15. The Hall–Kier alpha value is -0.430. The van der Waals surface area contributed by atoms with Crippen LogP contribution in [0.15, 0.2) is 18.2 Å². The molecule has 1 aromatic rings. The van der Waals surface area contributed by atoms with Crippen molar-refractivity contribution in [3.05, 3.63) is 34.9 Å². The quantitative estimate of drug-likeness (QED) is 0.714. The van der Waals surface area contributed by atoms with Gasteiger partial charge in [0.1, 0.15) is 0 Å². The maximum absolute atomic E-state index is 4.25. The molecule has 0 amide bonds. The molecule has 0 N–H and O–H groups in total. The summed E-state index contributed by atoms with van der Waals surface area (Å²) in [5, 5.41) is 0. The zero-order valence-corrected chi connectivity index (χ0v) is 11.0. The topological polar surface area (TPSA) is 0 Å². The summed E-state index contributed by atoms with van der Waals surface area (Å²) in [5.41, 5.74) is 4.39. The highest BCUT2D eigenvalue weighted by molar-refractivity contribution is 7.80. The van der Waals surface area contributed by atoms with Crippen LogP contribution >= 0.6 is 12.6 Å². The lowest BCUT2D eigenvalue weighted by atomic mass is 9.97. The molecule has 0 aliphatic heterocycles. The third-order valence-electron chi connectivity index (χ3n) is 2.66. The molecule has 84 valence electrons. The first-order chi connectivity index (χ1) is 7.13. The van der Waals surface area contributed by atoms with Gasteiger partial charge in [-0.2, -0.15) is 12.6 Å². The molecule has 0 atom stereocenters. The Labute approximate surface area is 99.5 Å². The Morgan fingerprint density at radius 1 is 1.27 bits per heavy atom. The van der Waals surface area contributed by atoms with E-state index in [9.17, 15) is 0 Å². The summed E-state index contributed by atoms with van der Waals surface area (Å²) in [6.45, 7) is 6.76. The van der Waals surface area contributed by atoms with E-state index in [0.29, 0.717) is 0 Å². The van der Waals surface area contributed by atoms with Crippen molar-refractivity contribution in [1.29, 1.82) is 0 Å². The number of aryl methyl sites for hydroxylation is 2. The van der Waals surface area contributed by atoms with Crippen molar-refractivity contribution in [2.75, 3.05) is 5.75 Å². The van der Waals surface area contributed by atoms with Crippen LogP contribution in [0.25, 0.3) is 0 Å². The highest BCUT2D eigenvalue weighted by Gasteiger charge is 2.01. The van der Waals surface area contributed by atoms with Crippen molar-refractivity contribution >= 4 is 12.6 Å². The van der Waals surface area contributed by atoms with Gasteiger partial charge in [-0.25, -0.2) is 0 Å². The van der Waals surface area contributed by atoms with Gasteiger partial charge in [-0.3, -0.25) is 0 Å². The predicted octanol–water partition coefficient (Wildman–Crippen LogP) is 4.06. The second-order valence-electron chi connectivity index (χ2n) is 4.69. The molecule has 1 aromatic carbocycles. The first-order valence-electron chi connectivity index (χ1n) is 5.82. The summed E-state index contributed by atoms with van der Waals surface area (Å²) < 4.78 is 0. The number of hydrogen-bond donors (Lipinski definition) is 1. The second kappa shape index (κ2) is 6.22. The molecule has 0 aliphatic carbocycles. The monoisotopic (exact) mass is 222 g/mol. The summed E-state index contributed by atoms with van der Waals surface area (Å²) in [6, 6.07) is 6.91. The molecule has 0 spiro atoms. The molecule has 0 aliphatic rings. The maximum atomic E-state index is 4.25. The molecule has 0 bridgehead atoms. The van der Waals surface area contributed by atoms with Crippen LogP contribution in [0.1, 0.15) is 37.0 Å². The van der Waals surface area contributed by atoms with Crippen molar-refractivity contribution in [3.63, 3.8) is 0 Å². The van der Waals surface area contributed by atoms with Gasteiger partial charge in [0.15, 0.2) is 0 Å². The van der Waals surface area contributed by atoms with Gasteiger partial charge in [-0.1, -0.05) is 32.0 Å². The minimum absolute atomic E-state index is 0.743. The van der Waals surface area contributed by atoms with Crippen LogP contribution in [0.3, 0.4) is 0 Å². The van der Waals surface area contributed by atoms with E-state index in [1.807, 2.05) is 0 Å². The summed E-state index contributed by atoms with van der Waals surface area (Å²) in [7, 11) is 0. The van der Waals surface area contributed by atoms with E-state index in [2.05, 4.69) is 51.6 Å². The lowest BCUT2D eigenvalue weighted by Gasteiger charge is -2.09. The fourth-order valence-electron chi connectivity index (χ4n) is 1.91. The summed E-state index contributed by atoms with van der Waals surface area (Å²) >= 11 is 4.25. The van der Waals surface area contributed by atoms with Gasteiger partial charge < -0.3 is 0 Å². The normalized spacial score (nSPS) is 11.0. The molecule has 0 saturated heterocycles. The molecule has 0 radical (unpaired) electrons. The van der Waals surface area contributed by atoms with E-state index in [-0.39, 0.29) is 0 Å². The van der Waals surface area contributed by atoms with Gasteiger partial charge >= 0.3 is 0 Å². The first-order valence-corrected chi connectivity index (χ1v) is 6.46. The fourth-order valence-corrected chi connectivity index (χ4v) is 2.06. The van der Waals surface area contributed by atoms with Crippen LogP contribution in [-0.2, 0) is 12.8 Å². The molecule has 0 saturated carbocycles. The molecule has 15 heavy (non-hydrogen) atoms. The largest absolute Gasteiger partial charge is 0.179 e. The molecule has 0 unspecified atom stereocenters. The highest BCUT2D eigenvalue weighted by atomic mass is 32.1. The number of thiol groups is 1. The molecule has 0 aromatic heterocycles. The molecular formula is C14H22S. The van der Waals surface area contributed by atoms with Gasteiger partial charge in [-0.15, -0.1) is 0 Å². The smallest absolute Gasteiger partial charge is 0.00947 e. The summed E-state index contributed by atoms with van der Waals surface area (Å²) in [4.78, 5) is 0. The molecule has 0 fully saturated rings. The Bertz CT molecular complexity index is 302. The molecule has 0 nitrogen and oxygen atoms in total. The highest BCUT2D eigenvalue weighted by Crippen LogP contribution is 2.16. The molecule has 1 heteroatoms. The van der Waals surface area contributed by atoms with Crippen molar-refractivity contribution in [2.24, 2.45) is 5.92 Å². The van der Waals surface area contributed by atoms with Crippen LogP contribution in [-0.4, -0.2) is 5.75 Å². The van der Waals surface area contributed by atoms with Gasteiger partial charge in [0, 0.05) is 0 Å². The van der Waals surface area contributed by atoms with E-state index in [1.165, 1.54) is 29.5 Å². The lowest BCUT2D eigenvalue weighted by Crippen LogP contribution is -1.97. The second-order valence-corrected chi connectivity index (χ2v) is 5.13. The number of benzene rings is 1. The maximum Gasteiger partial charge on any atom is -0.00947 e. The summed E-state index contributed by atoms with van der Waals surface area (Å²) in [6.07, 6.45) is 3.53. The van der Waals surface area contributed by atoms with Gasteiger partial charge in [-0.05, 0) is 54.5 Å². The molecular weight excluding hydrogens is 200 g/mol. The zero-order valence-electron chi connectivity index (χ0n) is 10.1. The Kier molecular flexibility index (Phi) is 5.24. The minimum Gasteiger partial charge on any atom is -0.179 e. The van der Waals surface area contributed by atoms with E-state index >= 15 is 0 Å². The molecule has 1 rings (SSSR count). The predicted molar refractivity (Wildman–Crippen MR) is 71.9 cm³/mol. The van der Waals surface area contributed by atoms with Crippen molar-refractivity contribution in [2.45, 2.75) is 40.0 Å². The van der Waals surface area contributed by atoms with Gasteiger partial charge in [0.25, 0.3) is 0 Å². The van der Waals surface area contributed by atoms with Gasteiger partial charge in [0.2, 0.25) is 0 Å². The van der Waals surface area contributed by atoms with Crippen molar-refractivity contribution in [1.82, 2.24) is 0 Å².